The highest BCUT2D eigenvalue weighted by atomic mass is 19.1. The molecule has 29 heavy (non-hydrogen) atoms. The Morgan fingerprint density at radius 3 is 2.41 bits per heavy atom. The minimum Gasteiger partial charge on any atom is -0.366 e. The maximum Gasteiger partial charge on any atom is 0.293 e. The van der Waals surface area contributed by atoms with Crippen LogP contribution in [0, 0.1) is 32.0 Å². The quantitative estimate of drug-likeness (QED) is 0.593. The van der Waals surface area contributed by atoms with Crippen molar-refractivity contribution in [2.45, 2.75) is 19.8 Å². The number of nitro groups is 2. The number of piperidine rings is 1. The van der Waals surface area contributed by atoms with Gasteiger partial charge in [-0.2, -0.15) is 0 Å². The lowest BCUT2D eigenvalue weighted by Gasteiger charge is -2.31. The first-order valence-electron chi connectivity index (χ1n) is 9.05. The Morgan fingerprint density at radius 1 is 1.10 bits per heavy atom. The second-order valence-corrected chi connectivity index (χ2v) is 7.01. The summed E-state index contributed by atoms with van der Waals surface area (Å²) in [5.74, 6) is -1.09. The summed E-state index contributed by atoms with van der Waals surface area (Å²) >= 11 is 0. The maximum absolute atomic E-state index is 13.9. The van der Waals surface area contributed by atoms with Crippen molar-refractivity contribution >= 4 is 28.7 Å². The van der Waals surface area contributed by atoms with E-state index in [2.05, 4.69) is 12.2 Å². The largest absolute Gasteiger partial charge is 0.366 e. The summed E-state index contributed by atoms with van der Waals surface area (Å²) in [5.41, 5.74) is -0.591. The van der Waals surface area contributed by atoms with E-state index in [1.54, 1.807) is 0 Å². The molecule has 152 valence electrons. The molecule has 1 amide bonds. The summed E-state index contributed by atoms with van der Waals surface area (Å²) in [6.07, 6.45) is 1.84. The van der Waals surface area contributed by atoms with Gasteiger partial charge in [0.1, 0.15) is 11.5 Å². The number of nitrogens with one attached hydrogen (secondary N) is 1. The first-order valence-corrected chi connectivity index (χ1v) is 9.05. The number of amides is 1. The zero-order valence-electron chi connectivity index (χ0n) is 15.6. The number of non-ortho nitro benzene ring substituents is 1. The maximum atomic E-state index is 13.9. The van der Waals surface area contributed by atoms with E-state index in [0.29, 0.717) is 24.7 Å². The van der Waals surface area contributed by atoms with Gasteiger partial charge in [0.05, 0.1) is 15.5 Å². The van der Waals surface area contributed by atoms with Crippen molar-refractivity contribution in [1.29, 1.82) is 0 Å². The lowest BCUT2D eigenvalue weighted by molar-refractivity contribution is -0.384. The summed E-state index contributed by atoms with van der Waals surface area (Å²) in [5, 5.41) is 24.6. The van der Waals surface area contributed by atoms with Crippen LogP contribution in [0.15, 0.2) is 36.4 Å². The molecule has 0 spiro atoms. The van der Waals surface area contributed by atoms with Gasteiger partial charge in [0.15, 0.2) is 0 Å². The van der Waals surface area contributed by atoms with Crippen molar-refractivity contribution < 1.29 is 19.0 Å². The molecule has 1 heterocycles. The molecule has 1 aliphatic heterocycles. The topological polar surface area (TPSA) is 119 Å². The van der Waals surface area contributed by atoms with E-state index in [1.165, 1.54) is 12.1 Å². The van der Waals surface area contributed by atoms with Crippen LogP contribution in [0.2, 0.25) is 0 Å². The number of benzene rings is 2. The Hall–Kier alpha value is -3.56. The summed E-state index contributed by atoms with van der Waals surface area (Å²) in [4.78, 5) is 35.5. The standard InChI is InChI=1S/C19H19FN4O5/c1-12-6-8-22(9-7-12)17-5-2-13(10-18(17)24(28)29)19(25)21-16-11-14(23(26)27)3-4-15(16)20/h2-5,10-12H,6-9H2,1H3,(H,21,25). The molecule has 0 unspecified atom stereocenters. The minimum atomic E-state index is -0.850. The third kappa shape index (κ3) is 4.48. The van der Waals surface area contributed by atoms with Gasteiger partial charge in [-0.15, -0.1) is 0 Å². The Balaban J connectivity index is 1.86. The number of halogens is 1. The van der Waals surface area contributed by atoms with E-state index in [4.69, 9.17) is 0 Å². The van der Waals surface area contributed by atoms with Crippen LogP contribution in [0.1, 0.15) is 30.1 Å². The van der Waals surface area contributed by atoms with Gasteiger partial charge in [-0.25, -0.2) is 4.39 Å². The van der Waals surface area contributed by atoms with Gasteiger partial charge < -0.3 is 10.2 Å². The molecule has 0 aliphatic carbocycles. The number of carbonyl (C=O) groups is 1. The highest BCUT2D eigenvalue weighted by Crippen LogP contribution is 2.32. The van der Waals surface area contributed by atoms with Gasteiger partial charge in [-0.3, -0.25) is 25.0 Å². The molecule has 1 N–H and O–H groups in total. The number of rotatable bonds is 5. The van der Waals surface area contributed by atoms with Crippen molar-refractivity contribution in [1.82, 2.24) is 0 Å². The second kappa shape index (κ2) is 8.21. The van der Waals surface area contributed by atoms with Crippen LogP contribution in [0.5, 0.6) is 0 Å². The normalized spacial score (nSPS) is 14.5. The van der Waals surface area contributed by atoms with Gasteiger partial charge >= 0.3 is 0 Å². The SMILES string of the molecule is CC1CCN(c2ccc(C(=O)Nc3cc([N+](=O)[O-])ccc3F)cc2[N+](=O)[O-])CC1. The number of nitro benzene ring substituents is 2. The molecule has 9 nitrogen and oxygen atoms in total. The molecule has 1 aliphatic rings. The van der Waals surface area contributed by atoms with Crippen molar-refractivity contribution in [2.75, 3.05) is 23.3 Å². The van der Waals surface area contributed by atoms with Crippen LogP contribution in [-0.4, -0.2) is 28.8 Å². The van der Waals surface area contributed by atoms with E-state index in [1.807, 2.05) is 4.90 Å². The highest BCUT2D eigenvalue weighted by Gasteiger charge is 2.25. The summed E-state index contributed by atoms with van der Waals surface area (Å²) < 4.78 is 13.9. The molecular weight excluding hydrogens is 383 g/mol. The Morgan fingerprint density at radius 2 is 1.79 bits per heavy atom. The van der Waals surface area contributed by atoms with Gasteiger partial charge in [0.2, 0.25) is 0 Å². The number of hydrogen-bond acceptors (Lipinski definition) is 6. The van der Waals surface area contributed by atoms with Crippen LogP contribution in [0.4, 0.5) is 27.1 Å². The van der Waals surface area contributed by atoms with E-state index >= 15 is 0 Å². The van der Waals surface area contributed by atoms with E-state index in [-0.39, 0.29) is 22.6 Å². The fourth-order valence-electron chi connectivity index (χ4n) is 3.24. The van der Waals surface area contributed by atoms with Crippen molar-refractivity contribution in [3.05, 3.63) is 68.0 Å². The van der Waals surface area contributed by atoms with Crippen LogP contribution in [0.3, 0.4) is 0 Å². The van der Waals surface area contributed by atoms with Crippen molar-refractivity contribution in [2.24, 2.45) is 5.92 Å². The van der Waals surface area contributed by atoms with E-state index in [9.17, 15) is 29.4 Å². The first kappa shape index (κ1) is 20.2. The molecule has 0 bridgehead atoms. The predicted octanol–water partition coefficient (Wildman–Crippen LogP) is 4.13. The fourth-order valence-corrected chi connectivity index (χ4v) is 3.24. The second-order valence-electron chi connectivity index (χ2n) is 7.01. The van der Waals surface area contributed by atoms with Crippen LogP contribution in [0.25, 0.3) is 0 Å². The zero-order valence-corrected chi connectivity index (χ0v) is 15.6. The summed E-state index contributed by atoms with van der Waals surface area (Å²) in [6, 6.07) is 6.81. The molecule has 0 radical (unpaired) electrons. The molecular formula is C19H19FN4O5. The molecule has 3 rings (SSSR count). The van der Waals surface area contributed by atoms with Gasteiger partial charge in [-0.1, -0.05) is 6.92 Å². The molecule has 1 fully saturated rings. The van der Waals surface area contributed by atoms with Gasteiger partial charge in [-0.05, 0) is 37.0 Å². The number of nitrogens with zero attached hydrogens (tertiary/aromatic N) is 3. The van der Waals surface area contributed by atoms with Crippen LogP contribution >= 0.6 is 0 Å². The molecule has 0 saturated carbocycles. The van der Waals surface area contributed by atoms with Gasteiger partial charge in [0, 0.05) is 36.9 Å². The van der Waals surface area contributed by atoms with Crippen LogP contribution in [-0.2, 0) is 0 Å². The summed E-state index contributed by atoms with van der Waals surface area (Å²) in [6.45, 7) is 3.51. The van der Waals surface area contributed by atoms with E-state index in [0.717, 1.165) is 37.1 Å². The molecule has 2 aromatic carbocycles. The number of hydrogen-bond donors (Lipinski definition) is 1. The molecule has 2 aromatic rings. The number of anilines is 2. The molecule has 1 saturated heterocycles. The van der Waals surface area contributed by atoms with E-state index < -0.39 is 21.6 Å². The molecule has 10 heteroatoms. The molecule has 0 aromatic heterocycles. The fraction of sp³-hybridized carbons (Fsp3) is 0.316. The average molecular weight is 402 g/mol. The van der Waals surface area contributed by atoms with Crippen molar-refractivity contribution in [3.8, 4) is 0 Å². The Labute approximate surface area is 165 Å². The Bertz CT molecular complexity index is 973. The number of carbonyl (C=O) groups excluding carboxylic acids is 1. The van der Waals surface area contributed by atoms with Gasteiger partial charge in [0.25, 0.3) is 17.3 Å². The lowest BCUT2D eigenvalue weighted by atomic mass is 9.98. The lowest BCUT2D eigenvalue weighted by Crippen LogP contribution is -2.33. The molecule has 0 atom stereocenters. The minimum absolute atomic E-state index is 0.0447. The van der Waals surface area contributed by atoms with Crippen LogP contribution < -0.4 is 10.2 Å². The predicted molar refractivity (Wildman–Crippen MR) is 105 cm³/mol. The highest BCUT2D eigenvalue weighted by molar-refractivity contribution is 6.05. The third-order valence-corrected chi connectivity index (χ3v) is 4.97. The average Bonchev–Trinajstić information content (AvgIpc) is 2.69. The third-order valence-electron chi connectivity index (χ3n) is 4.97. The first-order chi connectivity index (χ1) is 13.8. The summed E-state index contributed by atoms with van der Waals surface area (Å²) in [7, 11) is 0. The smallest absolute Gasteiger partial charge is 0.293 e. The zero-order chi connectivity index (χ0) is 21.1. The Kier molecular flexibility index (Phi) is 5.71. The van der Waals surface area contributed by atoms with Crippen molar-refractivity contribution in [3.63, 3.8) is 0 Å². The monoisotopic (exact) mass is 402 g/mol.